The van der Waals surface area contributed by atoms with Gasteiger partial charge in [0.1, 0.15) is 6.10 Å². The lowest BCUT2D eigenvalue weighted by Gasteiger charge is -2.27. The van der Waals surface area contributed by atoms with Crippen molar-refractivity contribution in [3.63, 3.8) is 0 Å². The Labute approximate surface area is 141 Å². The van der Waals surface area contributed by atoms with Crippen molar-refractivity contribution in [1.29, 1.82) is 5.26 Å². The lowest BCUT2D eigenvalue weighted by atomic mass is 10.0. The van der Waals surface area contributed by atoms with Crippen LogP contribution in [0.3, 0.4) is 0 Å². The van der Waals surface area contributed by atoms with Crippen molar-refractivity contribution in [3.05, 3.63) is 54.6 Å². The first kappa shape index (κ1) is 15.9. The monoisotopic (exact) mass is 321 g/mol. The van der Waals surface area contributed by atoms with E-state index >= 15 is 0 Å². The number of amides is 1. The molecule has 0 bridgehead atoms. The number of nitrogens with one attached hydrogen (secondary N) is 1. The largest absolute Gasteiger partial charge is 0.446 e. The van der Waals surface area contributed by atoms with E-state index in [4.69, 9.17) is 10.00 Å². The first-order chi connectivity index (χ1) is 11.8. The maximum atomic E-state index is 12.2. The standard InChI is InChI=1S/C19H19N3O2/c20-14-22-12-10-16(11-13-22)24-19(23)21-18-9-5-4-8-17(18)15-6-2-1-3-7-15/h1-9,16H,10-13H2,(H,21,23). The van der Waals surface area contributed by atoms with Crippen molar-refractivity contribution >= 4 is 11.8 Å². The second-order valence-electron chi connectivity index (χ2n) is 5.73. The van der Waals surface area contributed by atoms with Gasteiger partial charge in [-0.1, -0.05) is 48.5 Å². The lowest BCUT2D eigenvalue weighted by molar-refractivity contribution is 0.0726. The molecule has 3 rings (SSSR count). The first-order valence-corrected chi connectivity index (χ1v) is 8.03. The molecule has 1 N–H and O–H groups in total. The number of benzene rings is 2. The molecule has 5 heteroatoms. The highest BCUT2D eigenvalue weighted by molar-refractivity contribution is 5.91. The third kappa shape index (κ3) is 3.85. The van der Waals surface area contributed by atoms with Crippen LogP contribution in [0.1, 0.15) is 12.8 Å². The Bertz CT molecular complexity index is 732. The number of anilines is 1. The summed E-state index contributed by atoms with van der Waals surface area (Å²) in [6.45, 7) is 1.27. The van der Waals surface area contributed by atoms with Crippen LogP contribution in [0.4, 0.5) is 10.5 Å². The van der Waals surface area contributed by atoms with Crippen LogP contribution in [0.25, 0.3) is 11.1 Å². The van der Waals surface area contributed by atoms with E-state index < -0.39 is 6.09 Å². The van der Waals surface area contributed by atoms with Gasteiger partial charge in [-0.3, -0.25) is 5.32 Å². The zero-order valence-corrected chi connectivity index (χ0v) is 13.3. The molecule has 0 unspecified atom stereocenters. The summed E-state index contributed by atoms with van der Waals surface area (Å²) in [5, 5.41) is 11.7. The predicted molar refractivity (Wildman–Crippen MR) is 92.2 cm³/mol. The fraction of sp³-hybridized carbons (Fsp3) is 0.263. The predicted octanol–water partition coefficient (Wildman–Crippen LogP) is 3.85. The molecule has 0 spiro atoms. The Morgan fingerprint density at radius 3 is 2.46 bits per heavy atom. The molecule has 2 aromatic carbocycles. The van der Waals surface area contributed by atoms with Crippen LogP contribution >= 0.6 is 0 Å². The van der Waals surface area contributed by atoms with E-state index in [1.165, 1.54) is 0 Å². The minimum Gasteiger partial charge on any atom is -0.446 e. The minimum absolute atomic E-state index is 0.140. The van der Waals surface area contributed by atoms with E-state index in [0.29, 0.717) is 25.9 Å². The van der Waals surface area contributed by atoms with Crippen molar-refractivity contribution in [3.8, 4) is 17.3 Å². The van der Waals surface area contributed by atoms with Crippen molar-refractivity contribution in [2.24, 2.45) is 0 Å². The van der Waals surface area contributed by atoms with Crippen LogP contribution in [0.15, 0.2) is 54.6 Å². The molecule has 0 aromatic heterocycles. The number of rotatable bonds is 3. The van der Waals surface area contributed by atoms with Crippen molar-refractivity contribution in [2.45, 2.75) is 18.9 Å². The Morgan fingerprint density at radius 1 is 1.08 bits per heavy atom. The molecule has 2 aromatic rings. The summed E-state index contributed by atoms with van der Waals surface area (Å²) in [6.07, 6.45) is 2.89. The fourth-order valence-corrected chi connectivity index (χ4v) is 2.83. The molecule has 0 atom stereocenters. The summed E-state index contributed by atoms with van der Waals surface area (Å²) in [7, 11) is 0. The van der Waals surface area contributed by atoms with Crippen molar-refractivity contribution in [2.75, 3.05) is 18.4 Å². The van der Waals surface area contributed by atoms with Gasteiger partial charge in [0.05, 0.1) is 5.69 Å². The van der Waals surface area contributed by atoms with Gasteiger partial charge in [-0.05, 0) is 11.6 Å². The van der Waals surface area contributed by atoms with E-state index in [1.54, 1.807) is 4.90 Å². The molecular weight excluding hydrogens is 302 g/mol. The van der Waals surface area contributed by atoms with E-state index in [-0.39, 0.29) is 6.10 Å². The quantitative estimate of drug-likeness (QED) is 0.872. The maximum absolute atomic E-state index is 12.2. The highest BCUT2D eigenvalue weighted by Gasteiger charge is 2.22. The van der Waals surface area contributed by atoms with E-state index in [2.05, 4.69) is 11.5 Å². The van der Waals surface area contributed by atoms with Crippen LogP contribution in [-0.4, -0.2) is 30.2 Å². The second kappa shape index (κ2) is 7.51. The number of carbonyl (C=O) groups excluding carboxylic acids is 1. The van der Waals surface area contributed by atoms with Gasteiger partial charge in [0, 0.05) is 31.5 Å². The number of para-hydroxylation sites is 1. The summed E-state index contributed by atoms with van der Waals surface area (Å²) < 4.78 is 5.49. The Hall–Kier alpha value is -3.00. The van der Waals surface area contributed by atoms with Gasteiger partial charge >= 0.3 is 6.09 Å². The molecule has 24 heavy (non-hydrogen) atoms. The smallest absolute Gasteiger partial charge is 0.411 e. The zero-order valence-electron chi connectivity index (χ0n) is 13.3. The van der Waals surface area contributed by atoms with Crippen molar-refractivity contribution < 1.29 is 9.53 Å². The summed E-state index contributed by atoms with van der Waals surface area (Å²) in [6, 6.07) is 17.6. The van der Waals surface area contributed by atoms with E-state index in [9.17, 15) is 4.79 Å². The molecule has 1 saturated heterocycles. The molecule has 1 aliphatic heterocycles. The Morgan fingerprint density at radius 2 is 1.75 bits per heavy atom. The van der Waals surface area contributed by atoms with Crippen LogP contribution in [-0.2, 0) is 4.74 Å². The van der Waals surface area contributed by atoms with Gasteiger partial charge < -0.3 is 9.64 Å². The number of likely N-dealkylation sites (tertiary alicyclic amines) is 1. The Kier molecular flexibility index (Phi) is 4.97. The molecule has 0 radical (unpaired) electrons. The van der Waals surface area contributed by atoms with Gasteiger partial charge in [0.2, 0.25) is 0 Å². The number of piperidine rings is 1. The molecule has 1 heterocycles. The normalized spacial score (nSPS) is 14.7. The lowest BCUT2D eigenvalue weighted by Crippen LogP contribution is -2.35. The van der Waals surface area contributed by atoms with Gasteiger partial charge in [-0.2, -0.15) is 5.26 Å². The zero-order chi connectivity index (χ0) is 16.8. The number of carbonyl (C=O) groups is 1. The average molecular weight is 321 g/mol. The number of ether oxygens (including phenoxy) is 1. The summed E-state index contributed by atoms with van der Waals surface area (Å²) in [4.78, 5) is 13.9. The number of hydrogen-bond acceptors (Lipinski definition) is 4. The van der Waals surface area contributed by atoms with Gasteiger partial charge in [-0.15, -0.1) is 0 Å². The molecular formula is C19H19N3O2. The number of nitriles is 1. The molecule has 5 nitrogen and oxygen atoms in total. The summed E-state index contributed by atoms with van der Waals surface area (Å²) in [5.41, 5.74) is 2.72. The molecule has 0 saturated carbocycles. The highest BCUT2D eigenvalue weighted by Crippen LogP contribution is 2.27. The molecule has 0 aliphatic carbocycles. The molecule has 1 amide bonds. The second-order valence-corrected chi connectivity index (χ2v) is 5.73. The summed E-state index contributed by atoms with van der Waals surface area (Å²) in [5.74, 6) is 0. The fourth-order valence-electron chi connectivity index (χ4n) is 2.83. The van der Waals surface area contributed by atoms with E-state index in [0.717, 1.165) is 16.8 Å². The van der Waals surface area contributed by atoms with Crippen LogP contribution in [0, 0.1) is 11.5 Å². The molecule has 122 valence electrons. The SMILES string of the molecule is N#CN1CCC(OC(=O)Nc2ccccc2-c2ccccc2)CC1. The molecule has 1 fully saturated rings. The topological polar surface area (TPSA) is 65.4 Å². The van der Waals surface area contributed by atoms with Gasteiger partial charge in [0.25, 0.3) is 0 Å². The van der Waals surface area contributed by atoms with Gasteiger partial charge in [-0.25, -0.2) is 4.79 Å². The number of hydrogen-bond donors (Lipinski definition) is 1. The first-order valence-electron chi connectivity index (χ1n) is 8.03. The maximum Gasteiger partial charge on any atom is 0.411 e. The van der Waals surface area contributed by atoms with Crippen LogP contribution in [0.5, 0.6) is 0 Å². The third-order valence-corrected chi connectivity index (χ3v) is 4.11. The van der Waals surface area contributed by atoms with Crippen molar-refractivity contribution in [1.82, 2.24) is 4.90 Å². The average Bonchev–Trinajstić information content (AvgIpc) is 2.63. The Balaban J connectivity index is 1.64. The van der Waals surface area contributed by atoms with E-state index in [1.807, 2.05) is 54.6 Å². The third-order valence-electron chi connectivity index (χ3n) is 4.11. The molecule has 1 aliphatic rings. The van der Waals surface area contributed by atoms with Gasteiger partial charge in [0.15, 0.2) is 6.19 Å². The number of nitrogens with zero attached hydrogens (tertiary/aromatic N) is 2. The highest BCUT2D eigenvalue weighted by atomic mass is 16.6. The minimum atomic E-state index is -0.450. The summed E-state index contributed by atoms with van der Waals surface area (Å²) >= 11 is 0. The van der Waals surface area contributed by atoms with Crippen LogP contribution < -0.4 is 5.32 Å². The van der Waals surface area contributed by atoms with Crippen LogP contribution in [0.2, 0.25) is 0 Å².